The number of aromatic nitrogens is 2. The molecule has 7 heteroatoms. The van der Waals surface area contributed by atoms with E-state index in [0.29, 0.717) is 24.3 Å². The van der Waals surface area contributed by atoms with E-state index < -0.39 is 9.84 Å². The fourth-order valence-corrected chi connectivity index (χ4v) is 4.01. The SMILES string of the molecule is CS(=O)(=O)c1cccnc1C1CCCN(C(=O)c2ccncc2)C1. The molecule has 1 atom stereocenters. The van der Waals surface area contributed by atoms with Gasteiger partial charge >= 0.3 is 0 Å². The van der Waals surface area contributed by atoms with Crippen LogP contribution in [0.1, 0.15) is 34.8 Å². The van der Waals surface area contributed by atoms with E-state index in [0.717, 1.165) is 12.8 Å². The van der Waals surface area contributed by atoms with Gasteiger partial charge in [-0.1, -0.05) is 0 Å². The zero-order valence-electron chi connectivity index (χ0n) is 13.4. The quantitative estimate of drug-likeness (QED) is 0.849. The highest BCUT2D eigenvalue weighted by Crippen LogP contribution is 2.30. The first-order chi connectivity index (χ1) is 11.5. The lowest BCUT2D eigenvalue weighted by atomic mass is 9.93. The Bertz CT molecular complexity index is 837. The molecule has 0 aliphatic carbocycles. The van der Waals surface area contributed by atoms with Crippen molar-refractivity contribution < 1.29 is 13.2 Å². The molecule has 0 bridgehead atoms. The summed E-state index contributed by atoms with van der Waals surface area (Å²) >= 11 is 0. The number of rotatable bonds is 3. The average molecular weight is 345 g/mol. The Morgan fingerprint density at radius 1 is 1.21 bits per heavy atom. The standard InChI is InChI=1S/C17H19N3O3S/c1-24(22,23)15-5-2-8-19-16(15)14-4-3-11-20(12-14)17(21)13-6-9-18-10-7-13/h2,5-10,14H,3-4,11-12H2,1H3. The van der Waals surface area contributed by atoms with Crippen LogP contribution in [0.2, 0.25) is 0 Å². The van der Waals surface area contributed by atoms with Crippen molar-refractivity contribution in [1.82, 2.24) is 14.9 Å². The van der Waals surface area contributed by atoms with Crippen LogP contribution in [-0.2, 0) is 9.84 Å². The van der Waals surface area contributed by atoms with Gasteiger partial charge in [0, 0.05) is 49.4 Å². The summed E-state index contributed by atoms with van der Waals surface area (Å²) in [5.74, 6) is -0.130. The number of sulfone groups is 1. The Balaban J connectivity index is 1.86. The second-order valence-corrected chi connectivity index (χ2v) is 7.97. The van der Waals surface area contributed by atoms with Gasteiger partial charge in [0.1, 0.15) is 0 Å². The van der Waals surface area contributed by atoms with E-state index in [4.69, 9.17) is 0 Å². The third-order valence-corrected chi connectivity index (χ3v) is 5.37. The predicted molar refractivity (Wildman–Crippen MR) is 89.5 cm³/mol. The van der Waals surface area contributed by atoms with E-state index in [1.165, 1.54) is 6.26 Å². The highest BCUT2D eigenvalue weighted by molar-refractivity contribution is 7.90. The smallest absolute Gasteiger partial charge is 0.253 e. The van der Waals surface area contributed by atoms with Crippen molar-refractivity contribution in [3.63, 3.8) is 0 Å². The molecule has 1 aliphatic heterocycles. The molecule has 3 heterocycles. The third-order valence-electron chi connectivity index (χ3n) is 4.22. The third kappa shape index (κ3) is 3.46. The molecule has 0 radical (unpaired) electrons. The lowest BCUT2D eigenvalue weighted by molar-refractivity contribution is 0.0705. The molecule has 2 aromatic heterocycles. The van der Waals surface area contributed by atoms with Crippen molar-refractivity contribution in [1.29, 1.82) is 0 Å². The van der Waals surface area contributed by atoms with Gasteiger partial charge < -0.3 is 4.90 Å². The zero-order valence-corrected chi connectivity index (χ0v) is 14.2. The first kappa shape index (κ1) is 16.6. The maximum absolute atomic E-state index is 12.6. The number of hydrogen-bond donors (Lipinski definition) is 0. The topological polar surface area (TPSA) is 80.2 Å². The molecule has 1 aliphatic rings. The minimum Gasteiger partial charge on any atom is -0.338 e. The Morgan fingerprint density at radius 3 is 2.67 bits per heavy atom. The molecule has 6 nitrogen and oxygen atoms in total. The minimum absolute atomic E-state index is 0.0565. The monoisotopic (exact) mass is 345 g/mol. The average Bonchev–Trinajstić information content (AvgIpc) is 2.61. The lowest BCUT2D eigenvalue weighted by Crippen LogP contribution is -2.39. The van der Waals surface area contributed by atoms with Crippen molar-refractivity contribution in [3.05, 3.63) is 54.1 Å². The Hall–Kier alpha value is -2.28. The molecule has 0 spiro atoms. The number of nitrogens with zero attached hydrogens (tertiary/aromatic N) is 3. The number of likely N-dealkylation sites (tertiary alicyclic amines) is 1. The summed E-state index contributed by atoms with van der Waals surface area (Å²) in [5.41, 5.74) is 1.15. The van der Waals surface area contributed by atoms with E-state index in [1.807, 2.05) is 0 Å². The number of hydrogen-bond acceptors (Lipinski definition) is 5. The first-order valence-corrected chi connectivity index (χ1v) is 9.70. The van der Waals surface area contributed by atoms with E-state index in [1.54, 1.807) is 47.8 Å². The van der Waals surface area contributed by atoms with Crippen molar-refractivity contribution in [2.45, 2.75) is 23.7 Å². The van der Waals surface area contributed by atoms with Gasteiger partial charge in [-0.25, -0.2) is 8.42 Å². The van der Waals surface area contributed by atoms with Gasteiger partial charge in [-0.2, -0.15) is 0 Å². The molecule has 3 rings (SSSR count). The molecule has 24 heavy (non-hydrogen) atoms. The number of piperidine rings is 1. The van der Waals surface area contributed by atoms with E-state index in [9.17, 15) is 13.2 Å². The number of pyridine rings is 2. The zero-order chi connectivity index (χ0) is 17.2. The molecule has 0 N–H and O–H groups in total. The van der Waals surface area contributed by atoms with Crippen molar-refractivity contribution in [2.75, 3.05) is 19.3 Å². The normalized spacial score (nSPS) is 18.4. The lowest BCUT2D eigenvalue weighted by Gasteiger charge is -2.33. The summed E-state index contributed by atoms with van der Waals surface area (Å²) in [6.07, 6.45) is 7.62. The van der Waals surface area contributed by atoms with Crippen LogP contribution >= 0.6 is 0 Å². The molecular formula is C17H19N3O3S. The van der Waals surface area contributed by atoms with Gasteiger partial charge in [0.2, 0.25) is 0 Å². The number of carbonyl (C=O) groups excluding carboxylic acids is 1. The van der Waals surface area contributed by atoms with Crippen LogP contribution in [0.4, 0.5) is 0 Å². The fraction of sp³-hybridized carbons (Fsp3) is 0.353. The highest BCUT2D eigenvalue weighted by atomic mass is 32.2. The molecule has 126 valence electrons. The van der Waals surface area contributed by atoms with Gasteiger partial charge in [-0.3, -0.25) is 14.8 Å². The van der Waals surface area contributed by atoms with Crippen LogP contribution in [-0.4, -0.2) is 48.5 Å². The van der Waals surface area contributed by atoms with Gasteiger partial charge in [-0.05, 0) is 37.1 Å². The molecular weight excluding hydrogens is 326 g/mol. The molecule has 1 fully saturated rings. The van der Waals surface area contributed by atoms with Gasteiger partial charge in [0.15, 0.2) is 9.84 Å². The van der Waals surface area contributed by atoms with Crippen LogP contribution in [0.5, 0.6) is 0 Å². The summed E-state index contributed by atoms with van der Waals surface area (Å²) in [7, 11) is -3.35. The Labute approximate surface area is 141 Å². The predicted octanol–water partition coefficient (Wildman–Crippen LogP) is 1.90. The van der Waals surface area contributed by atoms with E-state index in [-0.39, 0.29) is 16.7 Å². The van der Waals surface area contributed by atoms with Crippen LogP contribution in [0, 0.1) is 0 Å². The minimum atomic E-state index is -3.35. The maximum atomic E-state index is 12.6. The number of amides is 1. The Morgan fingerprint density at radius 2 is 1.96 bits per heavy atom. The van der Waals surface area contributed by atoms with Gasteiger partial charge in [0.25, 0.3) is 5.91 Å². The molecule has 2 aromatic rings. The molecule has 1 saturated heterocycles. The Kier molecular flexibility index (Phi) is 4.62. The molecule has 0 aromatic carbocycles. The molecule has 1 unspecified atom stereocenters. The first-order valence-electron chi connectivity index (χ1n) is 7.81. The van der Waals surface area contributed by atoms with Crippen LogP contribution in [0.15, 0.2) is 47.8 Å². The summed E-state index contributed by atoms with van der Waals surface area (Å²) in [5, 5.41) is 0. The molecule has 1 amide bonds. The van der Waals surface area contributed by atoms with Crippen LogP contribution in [0.25, 0.3) is 0 Å². The van der Waals surface area contributed by atoms with Crippen LogP contribution in [0.3, 0.4) is 0 Å². The summed E-state index contributed by atoms with van der Waals surface area (Å²) in [6.45, 7) is 1.14. The van der Waals surface area contributed by atoms with Crippen LogP contribution < -0.4 is 0 Å². The maximum Gasteiger partial charge on any atom is 0.253 e. The number of carbonyl (C=O) groups is 1. The van der Waals surface area contributed by atoms with Gasteiger partial charge in [0.05, 0.1) is 10.6 Å². The largest absolute Gasteiger partial charge is 0.338 e. The summed E-state index contributed by atoms with van der Waals surface area (Å²) in [6, 6.07) is 6.59. The van der Waals surface area contributed by atoms with Crippen molar-refractivity contribution in [3.8, 4) is 0 Å². The fourth-order valence-electron chi connectivity index (χ4n) is 3.08. The van der Waals surface area contributed by atoms with Gasteiger partial charge in [-0.15, -0.1) is 0 Å². The highest BCUT2D eigenvalue weighted by Gasteiger charge is 2.29. The molecule has 0 saturated carbocycles. The summed E-state index contributed by atoms with van der Waals surface area (Å²) in [4.78, 5) is 22.9. The van der Waals surface area contributed by atoms with Crippen molar-refractivity contribution in [2.24, 2.45) is 0 Å². The van der Waals surface area contributed by atoms with E-state index in [2.05, 4.69) is 9.97 Å². The van der Waals surface area contributed by atoms with Crippen molar-refractivity contribution >= 4 is 15.7 Å². The van der Waals surface area contributed by atoms with E-state index >= 15 is 0 Å². The second kappa shape index (κ2) is 6.68. The summed E-state index contributed by atoms with van der Waals surface area (Å²) < 4.78 is 24.0. The second-order valence-electron chi connectivity index (χ2n) is 5.99.